The molecule has 0 saturated heterocycles. The number of para-hydroxylation sites is 1. The summed E-state index contributed by atoms with van der Waals surface area (Å²) in [5.41, 5.74) is 7.14. The monoisotopic (exact) mass is 236 g/mol. The number of rotatable bonds is 4. The van der Waals surface area contributed by atoms with Gasteiger partial charge in [0.2, 0.25) is 0 Å². The molecule has 2 unspecified atom stereocenters. The summed E-state index contributed by atoms with van der Waals surface area (Å²) >= 11 is 0. The highest BCUT2D eigenvalue weighted by Gasteiger charge is 2.26. The predicted molar refractivity (Wildman–Crippen MR) is 63.6 cm³/mol. The van der Waals surface area contributed by atoms with E-state index in [4.69, 9.17) is 10.5 Å². The fourth-order valence-electron chi connectivity index (χ4n) is 1.76. The molecule has 2 atom stereocenters. The summed E-state index contributed by atoms with van der Waals surface area (Å²) in [5, 5.41) is 12.1. The van der Waals surface area contributed by atoms with Gasteiger partial charge in [-0.2, -0.15) is 0 Å². The van der Waals surface area contributed by atoms with Crippen LogP contribution in [0, 0.1) is 0 Å². The summed E-state index contributed by atoms with van der Waals surface area (Å²) < 4.78 is 5.36. The Morgan fingerprint density at radius 1 is 1.53 bits per heavy atom. The van der Waals surface area contributed by atoms with Crippen molar-refractivity contribution in [2.75, 3.05) is 18.5 Å². The van der Waals surface area contributed by atoms with Crippen molar-refractivity contribution in [2.45, 2.75) is 18.6 Å². The maximum atomic E-state index is 11.7. The normalized spacial score (nSPS) is 20.6. The number of nitrogens with two attached hydrogens (primary N) is 1. The second-order valence-corrected chi connectivity index (χ2v) is 4.06. The number of carbonyl (C=O) groups is 1. The Bertz CT molecular complexity index is 408. The first-order valence-electron chi connectivity index (χ1n) is 5.59. The van der Waals surface area contributed by atoms with Crippen molar-refractivity contribution in [1.29, 1.82) is 0 Å². The van der Waals surface area contributed by atoms with E-state index in [9.17, 15) is 9.90 Å². The average molecular weight is 236 g/mol. The summed E-state index contributed by atoms with van der Waals surface area (Å²) in [6.45, 7) is 0.210. The molecule has 5 heteroatoms. The smallest absolute Gasteiger partial charge is 0.253 e. The second kappa shape index (κ2) is 5.27. The lowest BCUT2D eigenvalue weighted by molar-refractivity contribution is -0.129. The van der Waals surface area contributed by atoms with Crippen molar-refractivity contribution in [3.8, 4) is 0 Å². The summed E-state index contributed by atoms with van der Waals surface area (Å²) in [6, 6.07) is 7.60. The van der Waals surface area contributed by atoms with E-state index in [2.05, 4.69) is 5.32 Å². The number of anilines is 1. The minimum absolute atomic E-state index is 0.0801. The first-order chi connectivity index (χ1) is 8.20. The van der Waals surface area contributed by atoms with Gasteiger partial charge in [-0.3, -0.25) is 4.79 Å². The molecule has 5 nitrogen and oxygen atoms in total. The fraction of sp³-hybridized carbons (Fsp3) is 0.417. The number of aliphatic hydroxyl groups excluding tert-OH is 1. The molecule has 1 heterocycles. The van der Waals surface area contributed by atoms with E-state index in [0.717, 1.165) is 11.3 Å². The van der Waals surface area contributed by atoms with Crippen LogP contribution in [0.3, 0.4) is 0 Å². The highest BCUT2D eigenvalue weighted by molar-refractivity contribution is 5.97. The van der Waals surface area contributed by atoms with Crippen LogP contribution in [0.2, 0.25) is 0 Å². The molecule has 92 valence electrons. The van der Waals surface area contributed by atoms with Crippen molar-refractivity contribution in [3.63, 3.8) is 0 Å². The van der Waals surface area contributed by atoms with E-state index in [1.165, 1.54) is 0 Å². The van der Waals surface area contributed by atoms with Crippen LogP contribution in [0.25, 0.3) is 0 Å². The van der Waals surface area contributed by atoms with Crippen LogP contribution in [0.15, 0.2) is 24.3 Å². The minimum Gasteiger partial charge on any atom is -0.389 e. The van der Waals surface area contributed by atoms with Crippen molar-refractivity contribution >= 4 is 11.6 Å². The molecular formula is C12H16N2O3. The van der Waals surface area contributed by atoms with Gasteiger partial charge in [-0.25, -0.2) is 0 Å². The van der Waals surface area contributed by atoms with E-state index in [-0.39, 0.29) is 19.1 Å². The lowest BCUT2D eigenvalue weighted by Gasteiger charge is -2.25. The van der Waals surface area contributed by atoms with Crippen LogP contribution >= 0.6 is 0 Å². The summed E-state index contributed by atoms with van der Waals surface area (Å²) in [7, 11) is 0. The van der Waals surface area contributed by atoms with Crippen molar-refractivity contribution in [3.05, 3.63) is 29.8 Å². The molecule has 4 N–H and O–H groups in total. The van der Waals surface area contributed by atoms with Crippen LogP contribution < -0.4 is 11.1 Å². The number of fused-ring (bicyclic) bond motifs is 1. The fourth-order valence-corrected chi connectivity index (χ4v) is 1.76. The van der Waals surface area contributed by atoms with Gasteiger partial charge in [-0.15, -0.1) is 0 Å². The summed E-state index contributed by atoms with van der Waals surface area (Å²) in [6.07, 6.45) is -0.745. The summed E-state index contributed by atoms with van der Waals surface area (Å²) in [5.74, 6) is -0.173. The third-order valence-electron chi connectivity index (χ3n) is 2.73. The Hall–Kier alpha value is -1.43. The van der Waals surface area contributed by atoms with Gasteiger partial charge in [0.1, 0.15) is 6.10 Å². The van der Waals surface area contributed by atoms with Gasteiger partial charge in [0, 0.05) is 18.7 Å². The average Bonchev–Trinajstić information content (AvgIpc) is 2.35. The molecule has 0 radical (unpaired) electrons. The van der Waals surface area contributed by atoms with Crippen LogP contribution in [0.4, 0.5) is 5.69 Å². The van der Waals surface area contributed by atoms with Gasteiger partial charge < -0.3 is 20.9 Å². The standard InChI is InChI=1S/C12H16N2O3/c13-6-9(15)7-17-11-5-8-3-1-2-4-10(8)14-12(11)16/h1-4,9,11,15H,5-7,13H2,(H,14,16). The molecule has 0 saturated carbocycles. The Balaban J connectivity index is 2.00. The largest absolute Gasteiger partial charge is 0.389 e. The lowest BCUT2D eigenvalue weighted by Crippen LogP contribution is -2.39. The first kappa shape index (κ1) is 12.0. The van der Waals surface area contributed by atoms with E-state index in [1.807, 2.05) is 24.3 Å². The van der Waals surface area contributed by atoms with Crippen molar-refractivity contribution in [1.82, 2.24) is 0 Å². The SMILES string of the molecule is NCC(O)COC1Cc2ccccc2NC1=O. The zero-order valence-electron chi connectivity index (χ0n) is 9.43. The molecule has 1 aromatic rings. The molecule has 1 amide bonds. The van der Waals surface area contributed by atoms with Crippen LogP contribution in [-0.4, -0.2) is 36.4 Å². The Labute approximate surface area is 99.6 Å². The van der Waals surface area contributed by atoms with Crippen LogP contribution in [0.5, 0.6) is 0 Å². The first-order valence-corrected chi connectivity index (χ1v) is 5.59. The van der Waals surface area contributed by atoms with Gasteiger partial charge >= 0.3 is 0 Å². The van der Waals surface area contributed by atoms with Gasteiger partial charge in [0.15, 0.2) is 0 Å². The molecule has 17 heavy (non-hydrogen) atoms. The zero-order chi connectivity index (χ0) is 12.3. The minimum atomic E-state index is -0.722. The van der Waals surface area contributed by atoms with Crippen molar-refractivity contribution in [2.24, 2.45) is 5.73 Å². The number of benzene rings is 1. The number of carbonyl (C=O) groups excluding carboxylic acids is 1. The zero-order valence-corrected chi connectivity index (χ0v) is 9.43. The third-order valence-corrected chi connectivity index (χ3v) is 2.73. The summed E-state index contributed by atoms with van der Waals surface area (Å²) in [4.78, 5) is 11.7. The second-order valence-electron chi connectivity index (χ2n) is 4.06. The topological polar surface area (TPSA) is 84.6 Å². The highest BCUT2D eigenvalue weighted by Crippen LogP contribution is 2.23. The Kier molecular flexibility index (Phi) is 3.73. The van der Waals surface area contributed by atoms with E-state index in [0.29, 0.717) is 6.42 Å². The predicted octanol–water partition coefficient (Wildman–Crippen LogP) is -0.114. The lowest BCUT2D eigenvalue weighted by atomic mass is 10.0. The van der Waals surface area contributed by atoms with E-state index in [1.54, 1.807) is 0 Å². The molecule has 1 aliphatic heterocycles. The Morgan fingerprint density at radius 3 is 3.06 bits per heavy atom. The van der Waals surface area contributed by atoms with Gasteiger partial charge in [0.25, 0.3) is 5.91 Å². The van der Waals surface area contributed by atoms with E-state index >= 15 is 0 Å². The number of amides is 1. The number of ether oxygens (including phenoxy) is 1. The van der Waals surface area contributed by atoms with Gasteiger partial charge in [-0.1, -0.05) is 18.2 Å². The Morgan fingerprint density at radius 2 is 2.29 bits per heavy atom. The molecule has 0 aliphatic carbocycles. The molecular weight excluding hydrogens is 220 g/mol. The van der Waals surface area contributed by atoms with Gasteiger partial charge in [-0.05, 0) is 11.6 Å². The number of nitrogens with one attached hydrogen (secondary N) is 1. The van der Waals surface area contributed by atoms with Gasteiger partial charge in [0.05, 0.1) is 12.7 Å². The number of hydrogen-bond acceptors (Lipinski definition) is 4. The maximum Gasteiger partial charge on any atom is 0.253 e. The molecule has 1 aliphatic rings. The number of hydrogen-bond donors (Lipinski definition) is 3. The number of aliphatic hydroxyl groups is 1. The van der Waals surface area contributed by atoms with Crippen LogP contribution in [-0.2, 0) is 16.0 Å². The van der Waals surface area contributed by atoms with E-state index < -0.39 is 12.2 Å². The quantitative estimate of drug-likeness (QED) is 0.680. The third kappa shape index (κ3) is 2.82. The van der Waals surface area contributed by atoms with Crippen molar-refractivity contribution < 1.29 is 14.6 Å². The molecule has 2 rings (SSSR count). The molecule has 1 aromatic carbocycles. The van der Waals surface area contributed by atoms with Crippen LogP contribution in [0.1, 0.15) is 5.56 Å². The molecule has 0 aromatic heterocycles. The maximum absolute atomic E-state index is 11.7. The molecule has 0 bridgehead atoms. The molecule has 0 spiro atoms. The molecule has 0 fully saturated rings. The highest BCUT2D eigenvalue weighted by atomic mass is 16.5.